The summed E-state index contributed by atoms with van der Waals surface area (Å²) in [6.45, 7) is 20.0. The molecule has 8 aliphatic heterocycles. The van der Waals surface area contributed by atoms with Crippen molar-refractivity contribution in [2.24, 2.45) is 16.7 Å². The Labute approximate surface area is 475 Å². The number of rotatable bonds is 12. The molecule has 10 aliphatic rings. The molecule has 1 aromatic carbocycles. The van der Waals surface area contributed by atoms with Crippen molar-refractivity contribution in [3.05, 3.63) is 57.7 Å². The quantitative estimate of drug-likeness (QED) is 0.130. The van der Waals surface area contributed by atoms with Crippen LogP contribution in [0.4, 0.5) is 0 Å². The number of amides is 2. The van der Waals surface area contributed by atoms with Gasteiger partial charge in [0.15, 0.2) is 0 Å². The first kappa shape index (κ1) is 54.9. The van der Waals surface area contributed by atoms with Crippen molar-refractivity contribution in [2.45, 2.75) is 185 Å². The van der Waals surface area contributed by atoms with Crippen molar-refractivity contribution >= 4 is 40.0 Å². The minimum absolute atomic E-state index is 0.0259. The molecule has 14 rings (SSSR count). The fourth-order valence-electron chi connectivity index (χ4n) is 14.9. The normalized spacial score (nSPS) is 31.2. The third-order valence-corrected chi connectivity index (χ3v) is 20.7. The van der Waals surface area contributed by atoms with E-state index in [1.54, 1.807) is 12.1 Å². The van der Waals surface area contributed by atoms with E-state index in [4.69, 9.17) is 38.4 Å². The van der Waals surface area contributed by atoms with Gasteiger partial charge in [0.25, 0.3) is 11.8 Å². The highest BCUT2D eigenvalue weighted by molar-refractivity contribution is 7.10. The standard InChI is InChI=1S/C62H84N8O9S/c1-37-42-27-62(28-42,79-37)58(73)65-52-54(68-33-61(34-68)17-23-75-36-61)55-64-49(32-80-55)40-10-13-50-45(25-40)47(30-59(3,4)35-77-57(72)48-9-8-18-70(66-48)56(52)71)53(69(50)21-24-76-44-16-22-78-60(5,6)29-44)46-26-41(31-63-51(46)38(2)74-7)39-14-19-67(20-15-39)43-11-12-43/h10,13,25-26,31-32,37-39,42-44,48,52,54,66H,8-9,11-12,14-24,27-30,33-36H2,1-7H3,(H,65,73)/t37-,38-,42?,44-,48?,52-,54-,62?/m0/s1. The Morgan fingerprint density at radius 2 is 1.79 bits per heavy atom. The highest BCUT2D eigenvalue weighted by atomic mass is 32.1. The van der Waals surface area contributed by atoms with E-state index in [0.29, 0.717) is 96.5 Å². The number of thiazole rings is 1. The molecule has 432 valence electrons. The molecule has 80 heavy (non-hydrogen) atoms. The molecule has 9 fully saturated rings. The molecule has 0 radical (unpaired) electrons. The van der Waals surface area contributed by atoms with Crippen molar-refractivity contribution < 1.29 is 42.8 Å². The van der Waals surface area contributed by atoms with Gasteiger partial charge in [0.05, 0.1) is 66.9 Å². The minimum Gasteiger partial charge on any atom is -0.464 e. The number of nitrogens with one attached hydrogen (secondary N) is 2. The fraction of sp³-hybridized carbons (Fsp3) is 0.694. The van der Waals surface area contributed by atoms with Crippen LogP contribution in [-0.2, 0) is 55.8 Å². The molecule has 17 nitrogen and oxygen atoms in total. The second-order valence-electron chi connectivity index (χ2n) is 26.8. The van der Waals surface area contributed by atoms with Crippen LogP contribution in [0.5, 0.6) is 0 Å². The summed E-state index contributed by atoms with van der Waals surface area (Å²) in [6.07, 6.45) is 12.2. The Balaban J connectivity index is 0.950. The fourth-order valence-corrected chi connectivity index (χ4v) is 15.9. The first-order valence-corrected chi connectivity index (χ1v) is 31.0. The number of hydrazine groups is 1. The Hall–Kier alpha value is -4.37. The number of piperidine rings is 1. The number of fused-ring (bicyclic) bond motifs is 7. The zero-order chi connectivity index (χ0) is 55.3. The number of pyridine rings is 1. The summed E-state index contributed by atoms with van der Waals surface area (Å²) in [5.74, 6) is -0.282. The number of likely N-dealkylation sites (tertiary alicyclic amines) is 2. The number of nitrogens with zero attached hydrogens (tertiary/aromatic N) is 6. The molecular formula is C62H84N8O9S. The second kappa shape index (κ2) is 21.4. The molecule has 1 spiro atoms. The van der Waals surface area contributed by atoms with E-state index in [-0.39, 0.29) is 47.7 Å². The van der Waals surface area contributed by atoms with Gasteiger partial charge in [-0.1, -0.05) is 19.9 Å². The second-order valence-corrected chi connectivity index (χ2v) is 27.7. The van der Waals surface area contributed by atoms with Crippen LogP contribution in [0.2, 0.25) is 0 Å². The predicted molar refractivity (Wildman–Crippen MR) is 304 cm³/mol. The first-order chi connectivity index (χ1) is 38.5. The third kappa shape index (κ3) is 10.5. The monoisotopic (exact) mass is 1120 g/mol. The Kier molecular flexibility index (Phi) is 14.6. The molecule has 2 saturated carbocycles. The average molecular weight is 1120 g/mol. The number of benzene rings is 1. The van der Waals surface area contributed by atoms with E-state index in [0.717, 1.165) is 101 Å². The number of carbonyl (C=O) groups excluding carboxylic acids is 3. The summed E-state index contributed by atoms with van der Waals surface area (Å²) in [7, 11) is 1.76. The van der Waals surface area contributed by atoms with Gasteiger partial charge in [0.2, 0.25) is 0 Å². The number of aromatic nitrogens is 3. The summed E-state index contributed by atoms with van der Waals surface area (Å²) in [5.41, 5.74) is 9.72. The van der Waals surface area contributed by atoms with Gasteiger partial charge in [-0.05, 0) is 153 Å². The Bertz CT molecular complexity index is 2980. The zero-order valence-corrected chi connectivity index (χ0v) is 49.0. The summed E-state index contributed by atoms with van der Waals surface area (Å²) < 4.78 is 40.3. The van der Waals surface area contributed by atoms with Crippen LogP contribution in [0.15, 0.2) is 35.8 Å². The molecule has 4 aromatic rings. The lowest BCUT2D eigenvalue weighted by molar-refractivity contribution is -0.158. The molecule has 8 bridgehead atoms. The maximum atomic E-state index is 15.4. The first-order valence-electron chi connectivity index (χ1n) is 30.2. The average Bonchev–Trinajstić information content (AvgIpc) is 3.78. The van der Waals surface area contributed by atoms with Gasteiger partial charge in [0.1, 0.15) is 22.7 Å². The van der Waals surface area contributed by atoms with Crippen LogP contribution in [0.25, 0.3) is 33.4 Å². The number of cyclic esters (lactones) is 1. The largest absolute Gasteiger partial charge is 0.464 e. The molecule has 1 unspecified atom stereocenters. The summed E-state index contributed by atoms with van der Waals surface area (Å²) in [5, 5.41) is 8.80. The summed E-state index contributed by atoms with van der Waals surface area (Å²) in [4.78, 5) is 60.5. The van der Waals surface area contributed by atoms with Crippen LogP contribution in [-0.4, -0.2) is 162 Å². The lowest BCUT2D eigenvalue weighted by atomic mass is 9.72. The van der Waals surface area contributed by atoms with Gasteiger partial charge < -0.3 is 43.2 Å². The molecule has 6 atom stereocenters. The van der Waals surface area contributed by atoms with Crippen LogP contribution in [0, 0.1) is 16.7 Å². The zero-order valence-electron chi connectivity index (χ0n) is 48.2. The van der Waals surface area contributed by atoms with E-state index < -0.39 is 35.1 Å². The maximum Gasteiger partial charge on any atom is 0.324 e. The highest BCUT2D eigenvalue weighted by Crippen LogP contribution is 2.53. The van der Waals surface area contributed by atoms with Crippen LogP contribution < -0.4 is 10.7 Å². The van der Waals surface area contributed by atoms with Crippen molar-refractivity contribution in [3.63, 3.8) is 0 Å². The molecule has 2 N–H and O–H groups in total. The number of methoxy groups -OCH3 is 1. The van der Waals surface area contributed by atoms with Gasteiger partial charge >= 0.3 is 5.97 Å². The number of ether oxygens (including phenoxy) is 6. The van der Waals surface area contributed by atoms with Crippen molar-refractivity contribution in [3.8, 4) is 22.5 Å². The Morgan fingerprint density at radius 3 is 2.51 bits per heavy atom. The van der Waals surface area contributed by atoms with E-state index in [2.05, 4.69) is 95.6 Å². The van der Waals surface area contributed by atoms with Gasteiger partial charge in [-0.2, -0.15) is 0 Å². The Morgan fingerprint density at radius 1 is 0.975 bits per heavy atom. The van der Waals surface area contributed by atoms with Crippen molar-refractivity contribution in [1.29, 1.82) is 0 Å². The van der Waals surface area contributed by atoms with Crippen LogP contribution >= 0.6 is 11.3 Å². The van der Waals surface area contributed by atoms with Gasteiger partial charge in [-0.3, -0.25) is 29.3 Å². The number of hydrogen-bond donors (Lipinski definition) is 2. The minimum atomic E-state index is -1.03. The summed E-state index contributed by atoms with van der Waals surface area (Å²) >= 11 is 1.53. The van der Waals surface area contributed by atoms with E-state index in [1.807, 2.05) is 6.92 Å². The molecule has 18 heteroatoms. The summed E-state index contributed by atoms with van der Waals surface area (Å²) in [6, 6.07) is 7.47. The SMILES string of the molecule is CO[C@@H](C)c1ncc(C2CCN(C3CC3)CC2)cc1-c1c2c3cc(ccc3n1CCO[C@H]1CCOC(C)(C)C1)-c1csc(n1)[C@@H](N1CC3(CCOC3)C1)[C@H](NC(=O)C13CC(C1)[C@H](C)O3)C(=O)N1CCCC(N1)C(=O)OCC(C)(C)C2. The topological polar surface area (TPSA) is 171 Å². The molecule has 3 aromatic heterocycles. The highest BCUT2D eigenvalue weighted by Gasteiger charge is 2.62. The molecule has 7 saturated heterocycles. The lowest BCUT2D eigenvalue weighted by Crippen LogP contribution is -2.67. The van der Waals surface area contributed by atoms with Gasteiger partial charge in [-0.15, -0.1) is 11.3 Å². The maximum absolute atomic E-state index is 15.4. The number of carbonyl (C=O) groups is 3. The van der Waals surface area contributed by atoms with Crippen molar-refractivity contribution in [1.82, 2.24) is 40.1 Å². The van der Waals surface area contributed by atoms with Crippen LogP contribution in [0.3, 0.4) is 0 Å². The molecule has 2 aliphatic carbocycles. The smallest absolute Gasteiger partial charge is 0.324 e. The number of esters is 1. The van der Waals surface area contributed by atoms with E-state index >= 15 is 4.79 Å². The molecule has 11 heterocycles. The van der Waals surface area contributed by atoms with E-state index in [9.17, 15) is 9.59 Å². The number of hydrogen-bond acceptors (Lipinski definition) is 15. The predicted octanol–water partition coefficient (Wildman–Crippen LogP) is 8.29. The van der Waals surface area contributed by atoms with Crippen LogP contribution in [0.1, 0.15) is 152 Å². The molecule has 2 amide bonds. The van der Waals surface area contributed by atoms with Gasteiger partial charge in [-0.25, -0.2) is 10.4 Å². The molecular weight excluding hydrogens is 1030 g/mol. The van der Waals surface area contributed by atoms with Gasteiger partial charge in [0, 0.05) is 103 Å². The lowest BCUT2D eigenvalue weighted by Gasteiger charge is -2.52. The van der Waals surface area contributed by atoms with Crippen molar-refractivity contribution in [2.75, 3.05) is 72.9 Å². The van der Waals surface area contributed by atoms with E-state index in [1.165, 1.54) is 29.7 Å². The third-order valence-electron chi connectivity index (χ3n) is 19.8.